The Morgan fingerprint density at radius 3 is 2.61 bits per heavy atom. The zero-order valence-corrected chi connectivity index (χ0v) is 17.9. The summed E-state index contributed by atoms with van der Waals surface area (Å²) in [6, 6.07) is 17.7. The molecule has 1 atom stereocenters. The van der Waals surface area contributed by atoms with Crippen LogP contribution in [0.3, 0.4) is 0 Å². The molecule has 0 fully saturated rings. The fourth-order valence-corrected chi connectivity index (χ4v) is 3.77. The maximum absolute atomic E-state index is 12.3. The van der Waals surface area contributed by atoms with Gasteiger partial charge < -0.3 is 14.8 Å². The second-order valence-electron chi connectivity index (χ2n) is 6.96. The number of ether oxygens (including phenoxy) is 2. The van der Waals surface area contributed by atoms with Gasteiger partial charge in [-0.15, -0.1) is 11.3 Å². The standard InChI is InChI=1S/C23H21N3O4S/c1-15-13-26-21(27)12-18(25-23(26)31-15)14-29-19-10-8-17(9-11-19)24-22(28)16(2)30-20-6-4-3-5-7-20/h3-13,16H,14H2,1-2H3,(H,24,28). The SMILES string of the molecule is Cc1cn2c(=O)cc(COc3ccc(NC(=O)C(C)Oc4ccccc4)cc3)nc2s1. The number of hydrogen-bond donors (Lipinski definition) is 1. The van der Waals surface area contributed by atoms with Crippen LogP contribution in [-0.4, -0.2) is 21.4 Å². The molecule has 8 heteroatoms. The van der Waals surface area contributed by atoms with Crippen molar-refractivity contribution in [2.75, 3.05) is 5.32 Å². The molecule has 31 heavy (non-hydrogen) atoms. The Morgan fingerprint density at radius 1 is 1.13 bits per heavy atom. The first-order valence-electron chi connectivity index (χ1n) is 9.72. The molecule has 0 aliphatic carbocycles. The number of para-hydroxylation sites is 1. The summed E-state index contributed by atoms with van der Waals surface area (Å²) in [5, 5.41) is 2.82. The summed E-state index contributed by atoms with van der Waals surface area (Å²) in [5.74, 6) is 0.996. The van der Waals surface area contributed by atoms with E-state index in [4.69, 9.17) is 9.47 Å². The Kier molecular flexibility index (Phi) is 5.99. The number of rotatable bonds is 7. The summed E-state index contributed by atoms with van der Waals surface area (Å²) in [6.45, 7) is 3.81. The van der Waals surface area contributed by atoms with Crippen molar-refractivity contribution in [3.05, 3.63) is 87.8 Å². The van der Waals surface area contributed by atoms with Crippen molar-refractivity contribution in [3.63, 3.8) is 0 Å². The first kappa shape index (κ1) is 20.6. The number of fused-ring (bicyclic) bond motifs is 1. The molecule has 2 aromatic carbocycles. The number of aromatic nitrogens is 2. The molecule has 1 amide bonds. The summed E-state index contributed by atoms with van der Waals surface area (Å²) in [5.41, 5.74) is 1.07. The Morgan fingerprint density at radius 2 is 1.87 bits per heavy atom. The van der Waals surface area contributed by atoms with E-state index in [1.54, 1.807) is 49.5 Å². The van der Waals surface area contributed by atoms with Crippen molar-refractivity contribution in [3.8, 4) is 11.5 Å². The van der Waals surface area contributed by atoms with Crippen LogP contribution in [0.5, 0.6) is 11.5 Å². The molecular formula is C23H21N3O4S. The predicted octanol–water partition coefficient (Wildman–Crippen LogP) is 4.05. The van der Waals surface area contributed by atoms with Crippen LogP contribution in [0.2, 0.25) is 0 Å². The smallest absolute Gasteiger partial charge is 0.265 e. The predicted molar refractivity (Wildman–Crippen MR) is 120 cm³/mol. The third kappa shape index (κ3) is 5.10. The second-order valence-corrected chi connectivity index (χ2v) is 8.17. The van der Waals surface area contributed by atoms with Gasteiger partial charge in [0.05, 0.1) is 5.69 Å². The van der Waals surface area contributed by atoms with E-state index < -0.39 is 6.10 Å². The Bertz CT molecular complexity index is 1250. The number of amides is 1. The van der Waals surface area contributed by atoms with Crippen molar-refractivity contribution in [2.24, 2.45) is 0 Å². The number of aryl methyl sites for hydroxylation is 1. The molecule has 1 N–H and O–H groups in total. The van der Waals surface area contributed by atoms with Gasteiger partial charge in [-0.25, -0.2) is 4.98 Å². The van der Waals surface area contributed by atoms with Gasteiger partial charge in [0, 0.05) is 22.8 Å². The summed E-state index contributed by atoms with van der Waals surface area (Å²) in [4.78, 5) is 30.6. The summed E-state index contributed by atoms with van der Waals surface area (Å²) in [7, 11) is 0. The molecule has 4 aromatic rings. The van der Waals surface area contributed by atoms with E-state index >= 15 is 0 Å². The van der Waals surface area contributed by atoms with Gasteiger partial charge in [-0.1, -0.05) is 18.2 Å². The molecule has 158 valence electrons. The zero-order valence-electron chi connectivity index (χ0n) is 17.1. The Balaban J connectivity index is 1.34. The molecule has 0 saturated heterocycles. The van der Waals surface area contributed by atoms with E-state index in [1.807, 2.05) is 25.1 Å². The van der Waals surface area contributed by atoms with Crippen molar-refractivity contribution in [1.82, 2.24) is 9.38 Å². The molecule has 7 nitrogen and oxygen atoms in total. The maximum Gasteiger partial charge on any atom is 0.265 e. The highest BCUT2D eigenvalue weighted by Gasteiger charge is 2.15. The lowest BCUT2D eigenvalue weighted by Crippen LogP contribution is -2.30. The lowest BCUT2D eigenvalue weighted by molar-refractivity contribution is -0.122. The van der Waals surface area contributed by atoms with Crippen molar-refractivity contribution in [1.29, 1.82) is 0 Å². The third-order valence-electron chi connectivity index (χ3n) is 4.47. The fourth-order valence-electron chi connectivity index (χ4n) is 2.92. The van der Waals surface area contributed by atoms with Gasteiger partial charge in [0.15, 0.2) is 11.1 Å². The molecular weight excluding hydrogens is 414 g/mol. The van der Waals surface area contributed by atoms with Crippen molar-refractivity contribution < 1.29 is 14.3 Å². The quantitative estimate of drug-likeness (QED) is 0.474. The van der Waals surface area contributed by atoms with Gasteiger partial charge in [0.25, 0.3) is 11.5 Å². The molecule has 2 heterocycles. The summed E-state index contributed by atoms with van der Waals surface area (Å²) < 4.78 is 12.9. The monoisotopic (exact) mass is 435 g/mol. The molecule has 0 aliphatic heterocycles. The molecule has 0 bridgehead atoms. The van der Waals surface area contributed by atoms with Crippen LogP contribution in [0.25, 0.3) is 4.96 Å². The van der Waals surface area contributed by atoms with Crippen LogP contribution in [0.1, 0.15) is 17.5 Å². The van der Waals surface area contributed by atoms with E-state index in [0.717, 1.165) is 4.88 Å². The van der Waals surface area contributed by atoms with Crippen molar-refractivity contribution >= 4 is 27.9 Å². The number of nitrogens with zero attached hydrogens (tertiary/aromatic N) is 2. The van der Waals surface area contributed by atoms with Crippen LogP contribution in [0.4, 0.5) is 5.69 Å². The van der Waals surface area contributed by atoms with Gasteiger partial charge in [-0.3, -0.25) is 14.0 Å². The molecule has 0 aliphatic rings. The minimum atomic E-state index is -0.639. The number of benzene rings is 2. The lowest BCUT2D eigenvalue weighted by atomic mass is 10.2. The number of carbonyl (C=O) groups is 1. The number of hydrogen-bond acceptors (Lipinski definition) is 6. The van der Waals surface area contributed by atoms with Crippen LogP contribution in [-0.2, 0) is 11.4 Å². The molecule has 0 saturated carbocycles. The molecule has 0 radical (unpaired) electrons. The first-order chi connectivity index (χ1) is 15.0. The van der Waals surface area contributed by atoms with Crippen LogP contribution >= 0.6 is 11.3 Å². The number of anilines is 1. The highest BCUT2D eigenvalue weighted by atomic mass is 32.1. The van der Waals surface area contributed by atoms with Crippen LogP contribution in [0.15, 0.2) is 71.7 Å². The molecule has 2 aromatic heterocycles. The highest BCUT2D eigenvalue weighted by Crippen LogP contribution is 2.19. The Hall–Kier alpha value is -3.65. The summed E-state index contributed by atoms with van der Waals surface area (Å²) in [6.07, 6.45) is 1.14. The van der Waals surface area contributed by atoms with E-state index in [9.17, 15) is 9.59 Å². The van der Waals surface area contributed by atoms with Crippen LogP contribution in [0, 0.1) is 6.92 Å². The minimum Gasteiger partial charge on any atom is -0.487 e. The number of carbonyl (C=O) groups excluding carboxylic acids is 1. The average Bonchev–Trinajstić information content (AvgIpc) is 3.15. The van der Waals surface area contributed by atoms with Gasteiger partial charge >= 0.3 is 0 Å². The van der Waals surface area contributed by atoms with E-state index in [1.165, 1.54) is 21.8 Å². The van der Waals surface area contributed by atoms with Gasteiger partial charge in [-0.2, -0.15) is 0 Å². The third-order valence-corrected chi connectivity index (χ3v) is 5.37. The number of nitrogens with one attached hydrogen (secondary N) is 1. The Labute approximate surface area is 182 Å². The first-order valence-corrected chi connectivity index (χ1v) is 10.5. The lowest BCUT2D eigenvalue weighted by Gasteiger charge is -2.15. The zero-order chi connectivity index (χ0) is 21.8. The van der Waals surface area contributed by atoms with Crippen molar-refractivity contribution in [2.45, 2.75) is 26.6 Å². The minimum absolute atomic E-state index is 0.127. The molecule has 0 spiro atoms. The highest BCUT2D eigenvalue weighted by molar-refractivity contribution is 7.16. The van der Waals surface area contributed by atoms with Gasteiger partial charge in [-0.05, 0) is 50.2 Å². The normalized spacial score (nSPS) is 11.8. The van der Waals surface area contributed by atoms with Gasteiger partial charge in [0.2, 0.25) is 0 Å². The van der Waals surface area contributed by atoms with E-state index in [-0.39, 0.29) is 18.1 Å². The summed E-state index contributed by atoms with van der Waals surface area (Å²) >= 11 is 1.46. The fraction of sp³-hybridized carbons (Fsp3) is 0.174. The largest absolute Gasteiger partial charge is 0.487 e. The van der Waals surface area contributed by atoms with E-state index in [2.05, 4.69) is 10.3 Å². The maximum atomic E-state index is 12.3. The molecule has 4 rings (SSSR count). The molecule has 1 unspecified atom stereocenters. The second kappa shape index (κ2) is 9.01. The van der Waals surface area contributed by atoms with Crippen LogP contribution < -0.4 is 20.3 Å². The topological polar surface area (TPSA) is 81.9 Å². The average molecular weight is 436 g/mol. The van der Waals surface area contributed by atoms with Gasteiger partial charge in [0.1, 0.15) is 18.1 Å². The number of thiazole rings is 1. The van der Waals surface area contributed by atoms with E-state index in [0.29, 0.717) is 27.8 Å².